The molecule has 20 heavy (non-hydrogen) atoms. The number of hydrogen-bond donors (Lipinski definition) is 1. The Morgan fingerprint density at radius 3 is 2.90 bits per heavy atom. The van der Waals surface area contributed by atoms with E-state index in [4.69, 9.17) is 5.73 Å². The molecule has 1 aromatic rings. The normalized spacial score (nSPS) is 22.6. The fraction of sp³-hybridized carbons (Fsp3) is 0.500. The van der Waals surface area contributed by atoms with Crippen LogP contribution in [-0.2, 0) is 4.79 Å². The minimum absolute atomic E-state index is 0.0172. The molecule has 1 saturated heterocycles. The first-order chi connectivity index (χ1) is 9.50. The molecule has 1 aliphatic heterocycles. The van der Waals surface area contributed by atoms with Gasteiger partial charge in [-0.15, -0.1) is 0 Å². The molecule has 1 atom stereocenters. The van der Waals surface area contributed by atoms with Crippen LogP contribution in [0.25, 0.3) is 0 Å². The molecule has 6 heteroatoms. The lowest BCUT2D eigenvalue weighted by molar-refractivity contribution is -0.130. The van der Waals surface area contributed by atoms with Gasteiger partial charge in [-0.1, -0.05) is 6.92 Å². The molecule has 2 rings (SSSR count). The van der Waals surface area contributed by atoms with Crippen LogP contribution in [0, 0.1) is 11.2 Å². The molecule has 1 unspecified atom stereocenters. The monoisotopic (exact) mass is 279 g/mol. The summed E-state index contributed by atoms with van der Waals surface area (Å²) in [6.45, 7) is 2.64. The second-order valence-corrected chi connectivity index (χ2v) is 5.18. The van der Waals surface area contributed by atoms with Crippen molar-refractivity contribution in [2.75, 3.05) is 13.1 Å². The molecule has 0 aromatic carbocycles. The van der Waals surface area contributed by atoms with E-state index in [1.807, 2.05) is 6.92 Å². The Morgan fingerprint density at radius 2 is 2.30 bits per heavy atom. The second kappa shape index (κ2) is 5.56. The molecular formula is C14H18FN3O2. The van der Waals surface area contributed by atoms with Crippen molar-refractivity contribution in [2.24, 2.45) is 11.1 Å². The van der Waals surface area contributed by atoms with E-state index in [0.717, 1.165) is 6.20 Å². The Kier molecular flexibility index (Phi) is 4.01. The molecule has 0 saturated carbocycles. The number of amides is 2. The molecule has 2 amide bonds. The summed E-state index contributed by atoms with van der Waals surface area (Å²) in [5.41, 5.74) is 4.77. The summed E-state index contributed by atoms with van der Waals surface area (Å²) in [7, 11) is 0. The zero-order chi connectivity index (χ0) is 14.8. The van der Waals surface area contributed by atoms with Crippen LogP contribution in [0.1, 0.15) is 36.5 Å². The van der Waals surface area contributed by atoms with Gasteiger partial charge in [0.1, 0.15) is 0 Å². The highest BCUT2D eigenvalue weighted by atomic mass is 19.1. The van der Waals surface area contributed by atoms with Crippen molar-refractivity contribution in [1.29, 1.82) is 0 Å². The van der Waals surface area contributed by atoms with Gasteiger partial charge in [-0.25, -0.2) is 4.39 Å². The van der Waals surface area contributed by atoms with Gasteiger partial charge >= 0.3 is 0 Å². The van der Waals surface area contributed by atoms with Crippen molar-refractivity contribution in [2.45, 2.75) is 26.2 Å². The Labute approximate surface area is 117 Å². The van der Waals surface area contributed by atoms with Crippen LogP contribution in [0.5, 0.6) is 0 Å². The predicted molar refractivity (Wildman–Crippen MR) is 71.3 cm³/mol. The third-order valence-electron chi connectivity index (χ3n) is 4.07. The van der Waals surface area contributed by atoms with Gasteiger partial charge < -0.3 is 10.6 Å². The topological polar surface area (TPSA) is 76.3 Å². The zero-order valence-electron chi connectivity index (χ0n) is 11.4. The first-order valence-electron chi connectivity index (χ1n) is 6.69. The third kappa shape index (κ3) is 2.50. The van der Waals surface area contributed by atoms with Gasteiger partial charge in [-0.05, 0) is 25.3 Å². The fourth-order valence-corrected chi connectivity index (χ4v) is 2.69. The van der Waals surface area contributed by atoms with Crippen molar-refractivity contribution < 1.29 is 14.0 Å². The van der Waals surface area contributed by atoms with Crippen molar-refractivity contribution in [3.63, 3.8) is 0 Å². The van der Waals surface area contributed by atoms with E-state index < -0.39 is 23.0 Å². The number of nitrogens with two attached hydrogens (primary N) is 1. The van der Waals surface area contributed by atoms with Gasteiger partial charge in [0.2, 0.25) is 5.91 Å². The lowest BCUT2D eigenvalue weighted by Crippen LogP contribution is -2.52. The Hall–Kier alpha value is -1.98. The highest BCUT2D eigenvalue weighted by Crippen LogP contribution is 2.33. The number of hydrogen-bond acceptors (Lipinski definition) is 3. The summed E-state index contributed by atoms with van der Waals surface area (Å²) < 4.78 is 13.6. The molecule has 2 N–H and O–H groups in total. The summed E-state index contributed by atoms with van der Waals surface area (Å²) in [5, 5.41) is 0. The van der Waals surface area contributed by atoms with E-state index in [0.29, 0.717) is 25.8 Å². The van der Waals surface area contributed by atoms with Crippen LogP contribution in [0.2, 0.25) is 0 Å². The number of carbonyl (C=O) groups excluding carboxylic acids is 2. The average Bonchev–Trinajstić information content (AvgIpc) is 2.47. The minimum Gasteiger partial charge on any atom is -0.369 e. The lowest BCUT2D eigenvalue weighted by Gasteiger charge is -2.40. The Bertz CT molecular complexity index is 535. The highest BCUT2D eigenvalue weighted by Gasteiger charge is 2.40. The van der Waals surface area contributed by atoms with Crippen LogP contribution >= 0.6 is 0 Å². The molecule has 5 nitrogen and oxygen atoms in total. The first-order valence-corrected chi connectivity index (χ1v) is 6.69. The van der Waals surface area contributed by atoms with E-state index in [2.05, 4.69) is 4.98 Å². The van der Waals surface area contributed by atoms with Gasteiger partial charge in [0.15, 0.2) is 5.82 Å². The SMILES string of the molecule is CCC1(C(N)=O)CCCN(C(=O)c2ccncc2F)C1. The first kappa shape index (κ1) is 14.4. The molecule has 108 valence electrons. The standard InChI is InChI=1S/C14H18FN3O2/c1-2-14(13(16)20)5-3-7-18(9-14)12(19)10-4-6-17-8-11(10)15/h4,6,8H,2-3,5,7,9H2,1H3,(H2,16,20). The summed E-state index contributed by atoms with van der Waals surface area (Å²) in [6.07, 6.45) is 4.32. The van der Waals surface area contributed by atoms with Gasteiger partial charge in [-0.3, -0.25) is 14.6 Å². The van der Waals surface area contributed by atoms with Gasteiger partial charge in [-0.2, -0.15) is 0 Å². The van der Waals surface area contributed by atoms with E-state index in [9.17, 15) is 14.0 Å². The van der Waals surface area contributed by atoms with Crippen LogP contribution in [0.3, 0.4) is 0 Å². The van der Waals surface area contributed by atoms with Crippen molar-refractivity contribution in [1.82, 2.24) is 9.88 Å². The van der Waals surface area contributed by atoms with Crippen LogP contribution in [0.4, 0.5) is 4.39 Å². The zero-order valence-corrected chi connectivity index (χ0v) is 11.4. The summed E-state index contributed by atoms with van der Waals surface area (Å²) >= 11 is 0. The van der Waals surface area contributed by atoms with E-state index >= 15 is 0 Å². The maximum Gasteiger partial charge on any atom is 0.256 e. The molecule has 1 fully saturated rings. The summed E-state index contributed by atoms with van der Waals surface area (Å²) in [5.74, 6) is -1.46. The summed E-state index contributed by atoms with van der Waals surface area (Å²) in [4.78, 5) is 29.2. The van der Waals surface area contributed by atoms with Crippen molar-refractivity contribution >= 4 is 11.8 Å². The van der Waals surface area contributed by atoms with Gasteiger partial charge in [0, 0.05) is 19.3 Å². The van der Waals surface area contributed by atoms with Crippen molar-refractivity contribution in [3.05, 3.63) is 29.8 Å². The molecule has 0 aliphatic carbocycles. The molecule has 0 spiro atoms. The fourth-order valence-electron chi connectivity index (χ4n) is 2.69. The number of pyridine rings is 1. The molecule has 0 bridgehead atoms. The number of aromatic nitrogens is 1. The van der Waals surface area contributed by atoms with Gasteiger partial charge in [0.25, 0.3) is 5.91 Å². The van der Waals surface area contributed by atoms with Crippen LogP contribution in [-0.4, -0.2) is 34.8 Å². The average molecular weight is 279 g/mol. The Balaban J connectivity index is 2.23. The minimum atomic E-state index is -0.697. The molecular weight excluding hydrogens is 261 g/mol. The smallest absolute Gasteiger partial charge is 0.256 e. The molecule has 1 aromatic heterocycles. The number of primary amides is 1. The number of rotatable bonds is 3. The number of halogens is 1. The molecule has 1 aliphatic rings. The second-order valence-electron chi connectivity index (χ2n) is 5.18. The van der Waals surface area contributed by atoms with E-state index in [-0.39, 0.29) is 12.1 Å². The maximum absolute atomic E-state index is 13.6. The predicted octanol–water partition coefficient (Wildman–Crippen LogP) is 1.34. The largest absolute Gasteiger partial charge is 0.369 e. The lowest BCUT2D eigenvalue weighted by atomic mass is 9.77. The molecule has 0 radical (unpaired) electrons. The maximum atomic E-state index is 13.6. The van der Waals surface area contributed by atoms with Crippen LogP contribution < -0.4 is 5.73 Å². The van der Waals surface area contributed by atoms with E-state index in [1.54, 1.807) is 0 Å². The quantitative estimate of drug-likeness (QED) is 0.907. The van der Waals surface area contributed by atoms with Gasteiger partial charge in [0.05, 0.1) is 17.2 Å². The number of nitrogens with zero attached hydrogens (tertiary/aromatic N) is 2. The summed E-state index contributed by atoms with van der Waals surface area (Å²) in [6, 6.07) is 1.35. The molecule has 2 heterocycles. The number of carbonyl (C=O) groups is 2. The third-order valence-corrected chi connectivity index (χ3v) is 4.07. The van der Waals surface area contributed by atoms with Crippen molar-refractivity contribution in [3.8, 4) is 0 Å². The Morgan fingerprint density at radius 1 is 1.55 bits per heavy atom. The highest BCUT2D eigenvalue weighted by molar-refractivity contribution is 5.95. The van der Waals surface area contributed by atoms with E-state index in [1.165, 1.54) is 17.2 Å². The van der Waals surface area contributed by atoms with Crippen LogP contribution in [0.15, 0.2) is 18.5 Å². The number of piperidine rings is 1. The number of likely N-dealkylation sites (tertiary alicyclic amines) is 1.